The van der Waals surface area contributed by atoms with Crippen LogP contribution in [0.2, 0.25) is 0 Å². The van der Waals surface area contributed by atoms with Crippen LogP contribution in [0.4, 0.5) is 0 Å². The number of rotatable bonds is 3. The molecule has 1 heterocycles. The first-order valence-corrected chi connectivity index (χ1v) is 9.40. The summed E-state index contributed by atoms with van der Waals surface area (Å²) >= 11 is 1.54. The molecule has 20 heavy (non-hydrogen) atoms. The van der Waals surface area contributed by atoms with Gasteiger partial charge in [-0.1, -0.05) is 30.3 Å². The maximum Gasteiger partial charge on any atom is 0.245 e. The van der Waals surface area contributed by atoms with Gasteiger partial charge in [-0.15, -0.1) is 0 Å². The van der Waals surface area contributed by atoms with Gasteiger partial charge < -0.3 is 10.6 Å². The number of benzene rings is 1. The van der Waals surface area contributed by atoms with Crippen LogP contribution in [0.3, 0.4) is 0 Å². The second-order valence-corrected chi connectivity index (χ2v) is 8.13. The Kier molecular flexibility index (Phi) is 4.72. The van der Waals surface area contributed by atoms with Gasteiger partial charge in [-0.2, -0.15) is 11.8 Å². The molecule has 110 valence electrons. The molecule has 2 atom stereocenters. The van der Waals surface area contributed by atoms with E-state index in [1.165, 1.54) is 4.90 Å². The van der Waals surface area contributed by atoms with Crippen LogP contribution < -0.4 is 5.73 Å². The molecule has 0 aliphatic carbocycles. The summed E-state index contributed by atoms with van der Waals surface area (Å²) in [6.45, 7) is 0.418. The van der Waals surface area contributed by atoms with Gasteiger partial charge in [0, 0.05) is 24.3 Å². The molecule has 1 amide bonds. The summed E-state index contributed by atoms with van der Waals surface area (Å²) in [5.41, 5.74) is 6.68. The number of thioether (sulfide) groups is 1. The van der Waals surface area contributed by atoms with Crippen LogP contribution in [0.15, 0.2) is 30.3 Å². The Morgan fingerprint density at radius 1 is 1.40 bits per heavy atom. The van der Waals surface area contributed by atoms with Crippen LogP contribution >= 0.6 is 11.8 Å². The largest absolute Gasteiger partial charge is 0.322 e. The van der Waals surface area contributed by atoms with Gasteiger partial charge in [0.25, 0.3) is 0 Å². The summed E-state index contributed by atoms with van der Waals surface area (Å²) in [4.78, 5) is 13.9. The third kappa shape index (κ3) is 3.34. The lowest BCUT2D eigenvalue weighted by molar-refractivity contribution is -0.133. The van der Waals surface area contributed by atoms with E-state index in [0.717, 1.165) is 12.0 Å². The van der Waals surface area contributed by atoms with Gasteiger partial charge in [-0.3, -0.25) is 4.79 Å². The molecule has 0 aromatic heterocycles. The highest BCUT2D eigenvalue weighted by molar-refractivity contribution is 8.00. The van der Waals surface area contributed by atoms with Gasteiger partial charge in [0.1, 0.15) is 11.4 Å². The minimum Gasteiger partial charge on any atom is -0.322 e. The van der Waals surface area contributed by atoms with Crippen molar-refractivity contribution < 1.29 is 13.2 Å². The van der Waals surface area contributed by atoms with Crippen molar-refractivity contribution in [3.8, 4) is 0 Å². The predicted octanol–water partition coefficient (Wildman–Crippen LogP) is 0.633. The summed E-state index contributed by atoms with van der Waals surface area (Å²) < 4.78 is 23.6. The summed E-state index contributed by atoms with van der Waals surface area (Å²) in [5.74, 6) is 0.817. The molecule has 1 aliphatic heterocycles. The Balaban J connectivity index is 2.22. The van der Waals surface area contributed by atoms with Crippen LogP contribution in [0.25, 0.3) is 0 Å². The lowest BCUT2D eigenvalue weighted by atomic mass is 10.1. The molecule has 1 aromatic carbocycles. The number of nitrogens with zero attached hydrogens (tertiary/aromatic N) is 1. The van der Waals surface area contributed by atoms with Crippen molar-refractivity contribution in [2.75, 3.05) is 24.3 Å². The van der Waals surface area contributed by atoms with E-state index in [2.05, 4.69) is 0 Å². The standard InChI is InChI=1S/C13H18N2O3S2/c1-20(17,18)11-9-19-8-7-15(11)13(16)12(14)10-5-3-2-4-6-10/h2-6,11-12H,7-9,14H2,1H3/t11?,12-/m0/s1. The van der Waals surface area contributed by atoms with Crippen molar-refractivity contribution in [1.82, 2.24) is 4.90 Å². The smallest absolute Gasteiger partial charge is 0.245 e. The zero-order chi connectivity index (χ0) is 14.8. The Morgan fingerprint density at radius 3 is 2.65 bits per heavy atom. The fourth-order valence-corrected chi connectivity index (χ4v) is 4.99. The third-order valence-electron chi connectivity index (χ3n) is 3.29. The molecule has 1 unspecified atom stereocenters. The second kappa shape index (κ2) is 6.15. The first kappa shape index (κ1) is 15.3. The van der Waals surface area contributed by atoms with Crippen LogP contribution in [0.1, 0.15) is 11.6 Å². The van der Waals surface area contributed by atoms with Gasteiger partial charge in [-0.25, -0.2) is 8.42 Å². The highest BCUT2D eigenvalue weighted by atomic mass is 32.2. The Morgan fingerprint density at radius 2 is 2.05 bits per heavy atom. The zero-order valence-corrected chi connectivity index (χ0v) is 12.9. The molecule has 5 nitrogen and oxygen atoms in total. The second-order valence-electron chi connectivity index (χ2n) is 4.78. The van der Waals surface area contributed by atoms with E-state index < -0.39 is 21.3 Å². The number of amides is 1. The van der Waals surface area contributed by atoms with E-state index in [4.69, 9.17) is 5.73 Å². The normalized spacial score (nSPS) is 21.5. The summed E-state index contributed by atoms with van der Waals surface area (Å²) in [7, 11) is -3.31. The van der Waals surface area contributed by atoms with E-state index >= 15 is 0 Å². The average Bonchev–Trinajstić information content (AvgIpc) is 2.46. The molecule has 1 aliphatic rings. The third-order valence-corrected chi connectivity index (χ3v) is 5.93. The number of nitrogens with two attached hydrogens (primary N) is 1. The molecule has 0 saturated carbocycles. The Hall–Kier alpha value is -1.05. The monoisotopic (exact) mass is 314 g/mol. The first-order chi connectivity index (χ1) is 9.41. The van der Waals surface area contributed by atoms with E-state index in [-0.39, 0.29) is 5.91 Å². The SMILES string of the molecule is CS(=O)(=O)C1CSCCN1C(=O)[C@@H](N)c1ccccc1. The van der Waals surface area contributed by atoms with Gasteiger partial charge in [0.2, 0.25) is 5.91 Å². The molecule has 1 aromatic rings. The van der Waals surface area contributed by atoms with Crippen LogP contribution in [-0.2, 0) is 14.6 Å². The van der Waals surface area contributed by atoms with E-state index in [9.17, 15) is 13.2 Å². The molecule has 0 radical (unpaired) electrons. The zero-order valence-electron chi connectivity index (χ0n) is 11.2. The van der Waals surface area contributed by atoms with E-state index in [1.807, 2.05) is 18.2 Å². The average molecular weight is 314 g/mol. The highest BCUT2D eigenvalue weighted by Crippen LogP contribution is 2.23. The number of hydrogen-bond donors (Lipinski definition) is 1. The predicted molar refractivity (Wildman–Crippen MR) is 81.0 cm³/mol. The van der Waals surface area contributed by atoms with Gasteiger partial charge in [-0.05, 0) is 5.56 Å². The summed E-state index contributed by atoms with van der Waals surface area (Å²) in [6.07, 6.45) is 1.16. The fourth-order valence-electron chi connectivity index (χ4n) is 2.17. The van der Waals surface area contributed by atoms with Gasteiger partial charge in [0.05, 0.1) is 0 Å². The lowest BCUT2D eigenvalue weighted by Gasteiger charge is -2.35. The van der Waals surface area contributed by atoms with Crippen molar-refractivity contribution in [3.05, 3.63) is 35.9 Å². The topological polar surface area (TPSA) is 80.5 Å². The molecular formula is C13H18N2O3S2. The Labute approximate surface area is 123 Å². The number of carbonyl (C=O) groups is 1. The highest BCUT2D eigenvalue weighted by Gasteiger charge is 2.36. The van der Waals surface area contributed by atoms with Crippen LogP contribution in [0.5, 0.6) is 0 Å². The van der Waals surface area contributed by atoms with Crippen LogP contribution in [0, 0.1) is 0 Å². The molecule has 0 spiro atoms. The number of hydrogen-bond acceptors (Lipinski definition) is 5. The summed E-state index contributed by atoms with van der Waals surface area (Å²) in [6, 6.07) is 8.19. The molecular weight excluding hydrogens is 296 g/mol. The molecule has 7 heteroatoms. The minimum atomic E-state index is -3.31. The maximum absolute atomic E-state index is 12.5. The first-order valence-electron chi connectivity index (χ1n) is 6.29. The summed E-state index contributed by atoms with van der Waals surface area (Å²) in [5, 5.41) is -0.775. The molecule has 0 bridgehead atoms. The van der Waals surface area contributed by atoms with Gasteiger partial charge >= 0.3 is 0 Å². The molecule has 2 N–H and O–H groups in total. The van der Waals surface area contributed by atoms with Crippen molar-refractivity contribution in [3.63, 3.8) is 0 Å². The number of sulfone groups is 1. The van der Waals surface area contributed by atoms with Gasteiger partial charge in [0.15, 0.2) is 9.84 Å². The van der Waals surface area contributed by atoms with Crippen molar-refractivity contribution in [2.45, 2.75) is 11.4 Å². The van der Waals surface area contributed by atoms with Crippen molar-refractivity contribution in [1.29, 1.82) is 0 Å². The fraction of sp³-hybridized carbons (Fsp3) is 0.462. The van der Waals surface area contributed by atoms with Crippen LogP contribution in [-0.4, -0.2) is 48.9 Å². The Bertz CT molecular complexity index is 575. The minimum absolute atomic E-state index is 0.327. The molecule has 1 saturated heterocycles. The lowest BCUT2D eigenvalue weighted by Crippen LogP contribution is -2.52. The molecule has 2 rings (SSSR count). The maximum atomic E-state index is 12.5. The number of carbonyl (C=O) groups excluding carboxylic acids is 1. The van der Waals surface area contributed by atoms with E-state index in [1.54, 1.807) is 23.9 Å². The van der Waals surface area contributed by atoms with Crippen molar-refractivity contribution in [2.24, 2.45) is 5.73 Å². The van der Waals surface area contributed by atoms with Crippen molar-refractivity contribution >= 4 is 27.5 Å². The molecule has 1 fully saturated rings. The van der Waals surface area contributed by atoms with E-state index in [0.29, 0.717) is 17.9 Å². The quantitative estimate of drug-likeness (QED) is 0.885.